The minimum absolute atomic E-state index is 0.0293. The van der Waals surface area contributed by atoms with Crippen LogP contribution in [0.25, 0.3) is 11.4 Å². The maximum Gasteiger partial charge on any atom is 0.303 e. The average Bonchev–Trinajstić information content (AvgIpc) is 2.78. The van der Waals surface area contributed by atoms with E-state index in [1.807, 2.05) is 24.3 Å². The lowest BCUT2D eigenvalue weighted by Crippen LogP contribution is -1.99. The van der Waals surface area contributed by atoms with Crippen molar-refractivity contribution in [2.75, 3.05) is 7.11 Å². The number of hydrogen-bond acceptors (Lipinski definition) is 4. The molecular formula is C13H15N3O3. The lowest BCUT2D eigenvalue weighted by atomic mass is 10.2. The van der Waals surface area contributed by atoms with E-state index in [2.05, 4.69) is 10.1 Å². The number of carboxylic acids is 1. The number of aromatic nitrogens is 3. The summed E-state index contributed by atoms with van der Waals surface area (Å²) in [6.45, 7) is 0. The summed E-state index contributed by atoms with van der Waals surface area (Å²) in [5.74, 6) is 1.12. The van der Waals surface area contributed by atoms with Crippen LogP contribution < -0.4 is 4.74 Å². The highest BCUT2D eigenvalue weighted by Gasteiger charge is 2.11. The van der Waals surface area contributed by atoms with Gasteiger partial charge in [0.05, 0.1) is 13.5 Å². The van der Waals surface area contributed by atoms with Crippen molar-refractivity contribution in [3.05, 3.63) is 30.1 Å². The van der Waals surface area contributed by atoms with Crippen molar-refractivity contribution in [2.24, 2.45) is 7.05 Å². The third kappa shape index (κ3) is 3.09. The number of carboxylic acid groups (broad SMARTS) is 1. The Kier molecular flexibility index (Phi) is 3.79. The van der Waals surface area contributed by atoms with Crippen LogP contribution >= 0.6 is 0 Å². The highest BCUT2D eigenvalue weighted by Crippen LogP contribution is 2.22. The molecule has 6 heteroatoms. The second-order valence-electron chi connectivity index (χ2n) is 4.10. The Balaban J connectivity index is 2.26. The van der Waals surface area contributed by atoms with Crippen LogP contribution in [0.3, 0.4) is 0 Å². The van der Waals surface area contributed by atoms with Gasteiger partial charge in [-0.2, -0.15) is 5.10 Å². The number of aliphatic carboxylic acids is 1. The van der Waals surface area contributed by atoms with Gasteiger partial charge in [-0.15, -0.1) is 0 Å². The molecule has 100 valence electrons. The number of benzene rings is 1. The van der Waals surface area contributed by atoms with Crippen LogP contribution in [0.15, 0.2) is 24.3 Å². The molecule has 0 spiro atoms. The molecule has 2 aromatic rings. The summed E-state index contributed by atoms with van der Waals surface area (Å²) in [6.07, 6.45) is 0.356. The minimum atomic E-state index is -0.851. The topological polar surface area (TPSA) is 77.2 Å². The zero-order valence-corrected chi connectivity index (χ0v) is 10.8. The van der Waals surface area contributed by atoms with Gasteiger partial charge in [-0.3, -0.25) is 4.79 Å². The second kappa shape index (κ2) is 5.51. The number of rotatable bonds is 5. The molecule has 0 radical (unpaired) electrons. The van der Waals surface area contributed by atoms with Gasteiger partial charge in [-0.05, 0) is 12.1 Å². The minimum Gasteiger partial charge on any atom is -0.497 e. The summed E-state index contributed by atoms with van der Waals surface area (Å²) >= 11 is 0. The van der Waals surface area contributed by atoms with Gasteiger partial charge in [-0.25, -0.2) is 9.67 Å². The monoisotopic (exact) mass is 261 g/mol. The maximum absolute atomic E-state index is 10.5. The highest BCUT2D eigenvalue weighted by molar-refractivity contribution is 5.67. The predicted molar refractivity (Wildman–Crippen MR) is 68.9 cm³/mol. The van der Waals surface area contributed by atoms with E-state index in [4.69, 9.17) is 9.84 Å². The first-order chi connectivity index (χ1) is 9.10. The summed E-state index contributed by atoms with van der Waals surface area (Å²) < 4.78 is 6.81. The molecule has 1 aromatic heterocycles. The number of hydrogen-bond donors (Lipinski definition) is 1. The largest absolute Gasteiger partial charge is 0.497 e. The van der Waals surface area contributed by atoms with Crippen LogP contribution in [0, 0.1) is 0 Å². The lowest BCUT2D eigenvalue weighted by molar-refractivity contribution is -0.137. The van der Waals surface area contributed by atoms with Gasteiger partial charge in [0.2, 0.25) is 0 Å². The van der Waals surface area contributed by atoms with Crippen molar-refractivity contribution in [2.45, 2.75) is 12.8 Å². The van der Waals surface area contributed by atoms with Crippen LogP contribution in [0.4, 0.5) is 0 Å². The third-order valence-electron chi connectivity index (χ3n) is 2.70. The SMILES string of the molecule is COc1cccc(-c2nc(CCC(=O)O)nn2C)c1. The molecule has 0 fully saturated rings. The zero-order chi connectivity index (χ0) is 13.8. The van der Waals surface area contributed by atoms with E-state index in [0.717, 1.165) is 11.3 Å². The van der Waals surface area contributed by atoms with Crippen molar-refractivity contribution in [3.63, 3.8) is 0 Å². The molecule has 0 aliphatic carbocycles. The Hall–Kier alpha value is -2.37. The molecule has 0 saturated heterocycles. The molecule has 1 aromatic carbocycles. The fourth-order valence-electron chi connectivity index (χ4n) is 1.78. The van der Waals surface area contributed by atoms with Crippen molar-refractivity contribution >= 4 is 5.97 Å². The molecule has 19 heavy (non-hydrogen) atoms. The molecule has 1 N–H and O–H groups in total. The Labute approximate surface area is 110 Å². The summed E-state index contributed by atoms with van der Waals surface area (Å²) in [7, 11) is 3.39. The molecule has 0 aliphatic rings. The van der Waals surface area contributed by atoms with Crippen LogP contribution in [-0.2, 0) is 18.3 Å². The van der Waals surface area contributed by atoms with Gasteiger partial charge in [0, 0.05) is 19.0 Å². The first kappa shape index (κ1) is 13.1. The molecule has 0 bridgehead atoms. The number of methoxy groups -OCH3 is 1. The van der Waals surface area contributed by atoms with E-state index in [0.29, 0.717) is 18.1 Å². The van der Waals surface area contributed by atoms with Crippen molar-refractivity contribution in [3.8, 4) is 17.1 Å². The molecule has 0 unspecified atom stereocenters. The maximum atomic E-state index is 10.5. The van der Waals surface area contributed by atoms with Crippen LogP contribution in [0.2, 0.25) is 0 Å². The summed E-state index contributed by atoms with van der Waals surface area (Å²) in [6, 6.07) is 7.50. The molecule has 2 rings (SSSR count). The summed E-state index contributed by atoms with van der Waals surface area (Å²) in [5.41, 5.74) is 0.885. The number of nitrogens with zero attached hydrogens (tertiary/aromatic N) is 3. The Morgan fingerprint density at radius 3 is 2.95 bits per heavy atom. The highest BCUT2D eigenvalue weighted by atomic mass is 16.5. The van der Waals surface area contributed by atoms with Crippen molar-refractivity contribution in [1.29, 1.82) is 0 Å². The van der Waals surface area contributed by atoms with Crippen LogP contribution in [0.1, 0.15) is 12.2 Å². The summed E-state index contributed by atoms with van der Waals surface area (Å²) in [5, 5.41) is 12.9. The van der Waals surface area contributed by atoms with E-state index in [1.54, 1.807) is 18.8 Å². The van der Waals surface area contributed by atoms with Gasteiger partial charge in [0.25, 0.3) is 0 Å². The number of ether oxygens (including phenoxy) is 1. The van der Waals surface area contributed by atoms with Gasteiger partial charge < -0.3 is 9.84 Å². The standard InChI is InChI=1S/C13H15N3O3/c1-16-13(9-4-3-5-10(8-9)19-2)14-11(15-16)6-7-12(17)18/h3-5,8H,6-7H2,1-2H3,(H,17,18). The second-order valence-corrected chi connectivity index (χ2v) is 4.10. The average molecular weight is 261 g/mol. The lowest BCUT2D eigenvalue weighted by Gasteiger charge is -2.03. The third-order valence-corrected chi connectivity index (χ3v) is 2.70. The van der Waals surface area contributed by atoms with Crippen molar-refractivity contribution < 1.29 is 14.6 Å². The van der Waals surface area contributed by atoms with E-state index < -0.39 is 5.97 Å². The predicted octanol–water partition coefficient (Wildman–Crippen LogP) is 1.51. The van der Waals surface area contributed by atoms with E-state index in [1.165, 1.54) is 0 Å². The van der Waals surface area contributed by atoms with E-state index in [-0.39, 0.29) is 6.42 Å². The molecule has 0 atom stereocenters. The fourth-order valence-corrected chi connectivity index (χ4v) is 1.78. The van der Waals surface area contributed by atoms with Crippen LogP contribution in [0.5, 0.6) is 5.75 Å². The number of aryl methyl sites for hydroxylation is 2. The molecule has 6 nitrogen and oxygen atoms in total. The van der Waals surface area contributed by atoms with Gasteiger partial charge in [-0.1, -0.05) is 12.1 Å². The Morgan fingerprint density at radius 2 is 2.26 bits per heavy atom. The first-order valence-electron chi connectivity index (χ1n) is 5.86. The quantitative estimate of drug-likeness (QED) is 0.882. The normalized spacial score (nSPS) is 10.4. The van der Waals surface area contributed by atoms with Gasteiger partial charge in [0.1, 0.15) is 5.75 Å². The molecule has 0 aliphatic heterocycles. The number of carbonyl (C=O) groups is 1. The molecular weight excluding hydrogens is 246 g/mol. The zero-order valence-electron chi connectivity index (χ0n) is 10.8. The van der Waals surface area contributed by atoms with E-state index in [9.17, 15) is 4.79 Å². The van der Waals surface area contributed by atoms with Gasteiger partial charge in [0.15, 0.2) is 11.6 Å². The van der Waals surface area contributed by atoms with Crippen LogP contribution in [-0.4, -0.2) is 33.0 Å². The first-order valence-corrected chi connectivity index (χ1v) is 5.86. The molecule has 1 heterocycles. The fraction of sp³-hybridized carbons (Fsp3) is 0.308. The smallest absolute Gasteiger partial charge is 0.303 e. The molecule has 0 saturated carbocycles. The molecule has 0 amide bonds. The summed E-state index contributed by atoms with van der Waals surface area (Å²) in [4.78, 5) is 14.9. The van der Waals surface area contributed by atoms with E-state index >= 15 is 0 Å². The van der Waals surface area contributed by atoms with Crippen molar-refractivity contribution in [1.82, 2.24) is 14.8 Å². The van der Waals surface area contributed by atoms with Gasteiger partial charge >= 0.3 is 5.97 Å². The Morgan fingerprint density at radius 1 is 1.47 bits per heavy atom. The Bertz CT molecular complexity index is 593.